The van der Waals surface area contributed by atoms with Gasteiger partial charge in [0.05, 0.1) is 31.3 Å². The molecule has 8 heteroatoms. The summed E-state index contributed by atoms with van der Waals surface area (Å²) >= 11 is 0. The number of esters is 1. The first-order valence-electron chi connectivity index (χ1n) is 12.4. The predicted octanol–water partition coefficient (Wildman–Crippen LogP) is 5.58. The highest BCUT2D eigenvalue weighted by atomic mass is 16.6. The van der Waals surface area contributed by atoms with E-state index in [1.807, 2.05) is 48.5 Å². The first-order chi connectivity index (χ1) is 19.6. The van der Waals surface area contributed by atoms with Crippen LogP contribution in [0.3, 0.4) is 0 Å². The van der Waals surface area contributed by atoms with E-state index in [0.717, 1.165) is 5.56 Å². The van der Waals surface area contributed by atoms with E-state index in [0.29, 0.717) is 39.4 Å². The van der Waals surface area contributed by atoms with Crippen molar-refractivity contribution in [3.63, 3.8) is 0 Å². The molecule has 0 unspecified atom stereocenters. The van der Waals surface area contributed by atoms with Crippen molar-refractivity contribution in [3.05, 3.63) is 125 Å². The second-order valence-electron chi connectivity index (χ2n) is 8.62. The van der Waals surface area contributed by atoms with E-state index < -0.39 is 5.97 Å². The summed E-state index contributed by atoms with van der Waals surface area (Å²) in [7, 11) is 3.07. The monoisotopic (exact) mass is 531 g/mol. The Morgan fingerprint density at radius 3 is 2.33 bits per heavy atom. The summed E-state index contributed by atoms with van der Waals surface area (Å²) in [6.07, 6.45) is 4.55. The lowest BCUT2D eigenvalue weighted by molar-refractivity contribution is -0.129. The van der Waals surface area contributed by atoms with Gasteiger partial charge in [-0.3, -0.25) is 4.79 Å². The highest BCUT2D eigenvalue weighted by Crippen LogP contribution is 2.28. The van der Waals surface area contributed by atoms with Crippen molar-refractivity contribution < 1.29 is 19.0 Å². The number of methoxy groups -OCH3 is 2. The zero-order valence-electron chi connectivity index (χ0n) is 21.9. The Kier molecular flexibility index (Phi) is 7.78. The number of carbonyl (C=O) groups is 1. The lowest BCUT2D eigenvalue weighted by atomic mass is 10.2. The third-order valence-corrected chi connectivity index (χ3v) is 6.03. The van der Waals surface area contributed by atoms with Crippen molar-refractivity contribution in [2.45, 2.75) is 0 Å². The second-order valence-corrected chi connectivity index (χ2v) is 8.62. The maximum atomic E-state index is 13.4. The fourth-order valence-corrected chi connectivity index (χ4v) is 4.00. The number of rotatable bonds is 8. The van der Waals surface area contributed by atoms with E-state index in [2.05, 4.69) is 5.10 Å². The van der Waals surface area contributed by atoms with Gasteiger partial charge in [0.1, 0.15) is 5.75 Å². The molecular formula is C32H25N3O5. The molecule has 5 rings (SSSR count). The third-order valence-electron chi connectivity index (χ3n) is 6.03. The average Bonchev–Trinajstić information content (AvgIpc) is 3.00. The fourth-order valence-electron chi connectivity index (χ4n) is 4.00. The number of hydrogen-bond donors (Lipinski definition) is 0. The number of nitrogens with zero attached hydrogens (tertiary/aromatic N) is 3. The summed E-state index contributed by atoms with van der Waals surface area (Å²) in [4.78, 5) is 30.5. The van der Waals surface area contributed by atoms with E-state index in [4.69, 9.17) is 19.2 Å². The summed E-state index contributed by atoms with van der Waals surface area (Å²) in [6.45, 7) is 0. The third kappa shape index (κ3) is 5.81. The Bertz CT molecular complexity index is 1780. The van der Waals surface area contributed by atoms with Crippen molar-refractivity contribution >= 4 is 29.2 Å². The van der Waals surface area contributed by atoms with E-state index in [9.17, 15) is 9.59 Å². The second kappa shape index (κ2) is 11.9. The molecular weight excluding hydrogens is 506 g/mol. The van der Waals surface area contributed by atoms with Crippen LogP contribution in [0.1, 0.15) is 11.1 Å². The van der Waals surface area contributed by atoms with Crippen molar-refractivity contribution in [2.24, 2.45) is 5.10 Å². The van der Waals surface area contributed by atoms with Gasteiger partial charge < -0.3 is 14.2 Å². The van der Waals surface area contributed by atoms with E-state index in [1.54, 1.807) is 61.7 Å². The van der Waals surface area contributed by atoms with Gasteiger partial charge in [0.15, 0.2) is 17.3 Å². The van der Waals surface area contributed by atoms with Crippen LogP contribution < -0.4 is 19.8 Å². The van der Waals surface area contributed by atoms with Gasteiger partial charge >= 0.3 is 5.97 Å². The zero-order valence-corrected chi connectivity index (χ0v) is 21.9. The molecule has 0 aliphatic heterocycles. The molecule has 0 atom stereocenters. The predicted molar refractivity (Wildman–Crippen MR) is 155 cm³/mol. The molecule has 0 N–H and O–H groups in total. The molecule has 0 saturated heterocycles. The summed E-state index contributed by atoms with van der Waals surface area (Å²) in [5.74, 6) is 1.12. The Labute approximate surface area is 230 Å². The van der Waals surface area contributed by atoms with Crippen LogP contribution in [0, 0.1) is 0 Å². The number of benzene rings is 4. The molecule has 1 heterocycles. The standard InChI is InChI=1S/C32H25N3O5/c1-38-25-16-14-24(15-17-25)31-34-27-11-7-6-10-26(27)32(37)35(31)33-21-23-12-18-28(29(20-23)39-2)40-30(36)19-13-22-8-4-3-5-9-22/h3-21H,1-2H3/b19-13+,33-21?. The maximum Gasteiger partial charge on any atom is 0.336 e. The first kappa shape index (κ1) is 26.1. The van der Waals surface area contributed by atoms with Gasteiger partial charge in [-0.2, -0.15) is 9.78 Å². The Hall–Kier alpha value is -5.50. The van der Waals surface area contributed by atoms with Crippen molar-refractivity contribution in [1.29, 1.82) is 0 Å². The van der Waals surface area contributed by atoms with Gasteiger partial charge in [-0.25, -0.2) is 9.78 Å². The zero-order chi connectivity index (χ0) is 27.9. The molecule has 4 aromatic carbocycles. The van der Waals surface area contributed by atoms with Crippen LogP contribution in [0.5, 0.6) is 17.2 Å². The number of ether oxygens (including phenoxy) is 3. The summed E-state index contributed by atoms with van der Waals surface area (Å²) in [5, 5.41) is 4.93. The number of hydrogen-bond acceptors (Lipinski definition) is 7. The largest absolute Gasteiger partial charge is 0.497 e. The molecule has 5 aromatic rings. The SMILES string of the molecule is COc1ccc(-c2nc3ccccc3c(=O)n2N=Cc2ccc(OC(=O)/C=C/c3ccccc3)c(OC)c2)cc1. The number of carbonyl (C=O) groups excluding carboxylic acids is 1. The van der Waals surface area contributed by atoms with Crippen molar-refractivity contribution in [2.75, 3.05) is 14.2 Å². The highest BCUT2D eigenvalue weighted by Gasteiger charge is 2.13. The molecule has 0 aliphatic rings. The lowest BCUT2D eigenvalue weighted by Gasteiger charge is -2.11. The van der Waals surface area contributed by atoms with Crippen molar-refractivity contribution in [3.8, 4) is 28.6 Å². The van der Waals surface area contributed by atoms with Crippen LogP contribution in [0.2, 0.25) is 0 Å². The van der Waals surface area contributed by atoms with E-state index >= 15 is 0 Å². The molecule has 40 heavy (non-hydrogen) atoms. The van der Waals surface area contributed by atoms with Crippen LogP contribution in [0.25, 0.3) is 28.4 Å². The van der Waals surface area contributed by atoms with Crippen LogP contribution >= 0.6 is 0 Å². The van der Waals surface area contributed by atoms with Crippen molar-refractivity contribution in [1.82, 2.24) is 9.66 Å². The minimum atomic E-state index is -0.540. The normalized spacial score (nSPS) is 11.2. The van der Waals surface area contributed by atoms with E-state index in [-0.39, 0.29) is 11.3 Å². The lowest BCUT2D eigenvalue weighted by Crippen LogP contribution is -2.20. The number of para-hydroxylation sites is 1. The minimum absolute atomic E-state index is 0.255. The van der Waals surface area contributed by atoms with Crippen LogP contribution in [0.4, 0.5) is 0 Å². The molecule has 0 radical (unpaired) electrons. The molecule has 0 aliphatic carbocycles. The Morgan fingerprint density at radius 1 is 0.825 bits per heavy atom. The first-order valence-corrected chi connectivity index (χ1v) is 12.4. The van der Waals surface area contributed by atoms with Gasteiger partial charge in [0.2, 0.25) is 0 Å². The molecule has 0 amide bonds. The van der Waals surface area contributed by atoms with Gasteiger partial charge in [-0.15, -0.1) is 0 Å². The fraction of sp³-hybridized carbons (Fsp3) is 0.0625. The molecule has 1 aromatic heterocycles. The number of fused-ring (bicyclic) bond motifs is 1. The summed E-state index contributed by atoms with van der Waals surface area (Å²) in [6, 6.07) is 28.8. The van der Waals surface area contributed by atoms with Gasteiger partial charge in [-0.05, 0) is 71.8 Å². The molecule has 0 bridgehead atoms. The molecule has 8 nitrogen and oxygen atoms in total. The maximum absolute atomic E-state index is 13.4. The highest BCUT2D eigenvalue weighted by molar-refractivity contribution is 5.89. The molecule has 0 fully saturated rings. The smallest absolute Gasteiger partial charge is 0.336 e. The van der Waals surface area contributed by atoms with Crippen LogP contribution in [-0.4, -0.2) is 36.1 Å². The summed E-state index contributed by atoms with van der Waals surface area (Å²) in [5.41, 5.74) is 2.46. The van der Waals surface area contributed by atoms with Crippen LogP contribution in [0.15, 0.2) is 113 Å². The topological polar surface area (TPSA) is 92.0 Å². The Morgan fingerprint density at radius 2 is 1.57 bits per heavy atom. The van der Waals surface area contributed by atoms with E-state index in [1.165, 1.54) is 24.1 Å². The molecule has 198 valence electrons. The molecule has 0 saturated carbocycles. The van der Waals surface area contributed by atoms with Crippen LogP contribution in [-0.2, 0) is 4.79 Å². The molecule has 0 spiro atoms. The van der Waals surface area contributed by atoms with Gasteiger partial charge in [-0.1, -0.05) is 42.5 Å². The summed E-state index contributed by atoms with van der Waals surface area (Å²) < 4.78 is 17.4. The minimum Gasteiger partial charge on any atom is -0.497 e. The average molecular weight is 532 g/mol. The Balaban J connectivity index is 1.45. The van der Waals surface area contributed by atoms with Gasteiger partial charge in [0, 0.05) is 11.6 Å². The number of aromatic nitrogens is 2. The quantitative estimate of drug-likeness (QED) is 0.112. The van der Waals surface area contributed by atoms with Gasteiger partial charge in [0.25, 0.3) is 5.56 Å².